The van der Waals surface area contributed by atoms with E-state index < -0.39 is 34.6 Å². The summed E-state index contributed by atoms with van der Waals surface area (Å²) in [7, 11) is 1.42. The highest BCUT2D eigenvalue weighted by molar-refractivity contribution is 5.91. The van der Waals surface area contributed by atoms with Gasteiger partial charge in [0.25, 0.3) is 0 Å². The molecule has 0 aliphatic carbocycles. The van der Waals surface area contributed by atoms with Crippen LogP contribution in [0.5, 0.6) is 0 Å². The Labute approximate surface area is 149 Å². The van der Waals surface area contributed by atoms with Crippen LogP contribution >= 0.6 is 0 Å². The quantitative estimate of drug-likeness (QED) is 0.473. The molecule has 8 heteroatoms. The zero-order chi connectivity index (χ0) is 20.5. The van der Waals surface area contributed by atoms with Gasteiger partial charge in [-0.3, -0.25) is 0 Å². The molecule has 0 radical (unpaired) electrons. The Hall–Kier alpha value is -1.95. The molecule has 0 saturated carbocycles. The van der Waals surface area contributed by atoms with Gasteiger partial charge < -0.3 is 4.90 Å². The summed E-state index contributed by atoms with van der Waals surface area (Å²) in [6.45, 7) is 8.33. The highest BCUT2D eigenvalue weighted by atomic mass is 19.4. The van der Waals surface area contributed by atoms with E-state index >= 15 is 0 Å². The Morgan fingerprint density at radius 1 is 0.962 bits per heavy atom. The normalized spacial score (nSPS) is 12.8. The van der Waals surface area contributed by atoms with E-state index in [-0.39, 0.29) is 11.7 Å². The van der Waals surface area contributed by atoms with Crippen molar-refractivity contribution in [1.29, 1.82) is 0 Å². The third kappa shape index (κ3) is 5.53. The zero-order valence-electron chi connectivity index (χ0n) is 15.5. The molecule has 0 fully saturated rings. The molecule has 26 heavy (non-hydrogen) atoms. The van der Waals surface area contributed by atoms with Crippen LogP contribution in [0.25, 0.3) is 5.70 Å². The molecule has 2 nitrogen and oxygen atoms in total. The van der Waals surface area contributed by atoms with Crippen LogP contribution in [0.1, 0.15) is 51.3 Å². The number of hydrogen-bond donors (Lipinski definition) is 0. The maximum absolute atomic E-state index is 13.5. The summed E-state index contributed by atoms with van der Waals surface area (Å²) >= 11 is 0. The van der Waals surface area contributed by atoms with Crippen molar-refractivity contribution in [2.24, 2.45) is 4.99 Å². The van der Waals surface area contributed by atoms with Crippen molar-refractivity contribution in [3.63, 3.8) is 0 Å². The van der Waals surface area contributed by atoms with E-state index in [4.69, 9.17) is 0 Å². The summed E-state index contributed by atoms with van der Waals surface area (Å²) in [5, 5.41) is 0. The van der Waals surface area contributed by atoms with Gasteiger partial charge in [0.15, 0.2) is 0 Å². The van der Waals surface area contributed by atoms with Crippen molar-refractivity contribution in [3.05, 3.63) is 34.9 Å². The van der Waals surface area contributed by atoms with Gasteiger partial charge in [0, 0.05) is 24.5 Å². The second-order valence-corrected chi connectivity index (χ2v) is 7.17. The van der Waals surface area contributed by atoms with Gasteiger partial charge in [-0.15, -0.1) is 0 Å². The van der Waals surface area contributed by atoms with Gasteiger partial charge in [-0.2, -0.15) is 26.3 Å². The Balaban J connectivity index is 3.99. The standard InChI is InChI=1S/C18H22F6N2/c1-11(2)26(6)14(10-25-16(3,4)5)15-12(17(19,20)21)8-7-9-13(15)18(22,23)24/h7-9,11H,1-6H3. The third-order valence-electron chi connectivity index (χ3n) is 3.54. The number of rotatable bonds is 3. The lowest BCUT2D eigenvalue weighted by molar-refractivity contribution is -0.143. The molecule has 0 atom stereocenters. The smallest absolute Gasteiger partial charge is 0.364 e. The predicted molar refractivity (Wildman–Crippen MR) is 89.9 cm³/mol. The molecule has 1 aromatic rings. The van der Waals surface area contributed by atoms with Gasteiger partial charge in [-0.05, 0) is 46.8 Å². The number of nitrogens with zero attached hydrogens (tertiary/aromatic N) is 2. The van der Waals surface area contributed by atoms with Crippen LogP contribution < -0.4 is 0 Å². The average molecular weight is 380 g/mol. The number of aliphatic imine (C=N–C) groups is 1. The summed E-state index contributed by atoms with van der Waals surface area (Å²) in [5.74, 6) is 2.45. The van der Waals surface area contributed by atoms with Crippen molar-refractivity contribution in [3.8, 4) is 0 Å². The van der Waals surface area contributed by atoms with Crippen molar-refractivity contribution in [2.75, 3.05) is 7.05 Å². The number of benzene rings is 1. The molecular formula is C18H22F6N2. The van der Waals surface area contributed by atoms with E-state index in [1.54, 1.807) is 34.6 Å². The summed E-state index contributed by atoms with van der Waals surface area (Å²) in [6, 6.07) is 1.66. The summed E-state index contributed by atoms with van der Waals surface area (Å²) < 4.78 is 80.7. The minimum atomic E-state index is -4.96. The Bertz CT molecular complexity index is 670. The third-order valence-corrected chi connectivity index (χ3v) is 3.54. The second-order valence-electron chi connectivity index (χ2n) is 7.17. The SMILES string of the molecule is CC(C)N(C)C(=C=NC(C)(C)C)c1c(C(F)(F)F)cccc1C(F)(F)F. The molecule has 0 unspecified atom stereocenters. The minimum absolute atomic E-state index is 0.352. The molecule has 0 spiro atoms. The second kappa shape index (κ2) is 7.35. The van der Waals surface area contributed by atoms with E-state index in [0.717, 1.165) is 6.07 Å². The first-order valence-corrected chi connectivity index (χ1v) is 7.91. The Kier molecular flexibility index (Phi) is 6.24. The highest BCUT2D eigenvalue weighted by Gasteiger charge is 2.42. The fourth-order valence-corrected chi connectivity index (χ4v) is 2.07. The highest BCUT2D eigenvalue weighted by Crippen LogP contribution is 2.42. The summed E-state index contributed by atoms with van der Waals surface area (Å²) in [4.78, 5) is 5.32. The molecule has 1 rings (SSSR count). The van der Waals surface area contributed by atoms with E-state index in [9.17, 15) is 26.3 Å². The first-order chi connectivity index (χ1) is 11.6. The molecule has 0 heterocycles. The minimum Gasteiger partial charge on any atom is -0.364 e. The van der Waals surface area contributed by atoms with Gasteiger partial charge in [-0.25, -0.2) is 4.99 Å². The zero-order valence-corrected chi connectivity index (χ0v) is 15.5. The van der Waals surface area contributed by atoms with Crippen LogP contribution in [-0.4, -0.2) is 29.4 Å². The lowest BCUT2D eigenvalue weighted by atomic mass is 9.96. The molecule has 146 valence electrons. The first kappa shape index (κ1) is 22.1. The lowest BCUT2D eigenvalue weighted by Gasteiger charge is -2.29. The van der Waals surface area contributed by atoms with Gasteiger partial charge in [0.2, 0.25) is 0 Å². The van der Waals surface area contributed by atoms with E-state index in [0.29, 0.717) is 12.1 Å². The number of hydrogen-bond acceptors (Lipinski definition) is 2. The number of halogens is 6. The van der Waals surface area contributed by atoms with E-state index in [2.05, 4.69) is 10.9 Å². The molecular weight excluding hydrogens is 358 g/mol. The monoisotopic (exact) mass is 380 g/mol. The molecule has 0 aliphatic rings. The maximum atomic E-state index is 13.5. The van der Waals surface area contributed by atoms with Crippen LogP contribution in [0.3, 0.4) is 0 Å². The molecule has 0 amide bonds. The predicted octanol–water partition coefficient (Wildman–Crippen LogP) is 5.87. The largest absolute Gasteiger partial charge is 0.417 e. The van der Waals surface area contributed by atoms with E-state index in [1.165, 1.54) is 11.9 Å². The van der Waals surface area contributed by atoms with Crippen LogP contribution in [0.15, 0.2) is 23.2 Å². The molecule has 1 aromatic carbocycles. The van der Waals surface area contributed by atoms with E-state index in [1.807, 2.05) is 0 Å². The summed E-state index contributed by atoms with van der Waals surface area (Å²) in [6.07, 6.45) is -9.91. The molecule has 0 aromatic heterocycles. The molecule has 0 bridgehead atoms. The molecule has 0 saturated heterocycles. The summed E-state index contributed by atoms with van der Waals surface area (Å²) in [5.41, 5.74) is -4.76. The van der Waals surface area contributed by atoms with Crippen LogP contribution in [0.4, 0.5) is 26.3 Å². The number of alkyl halides is 6. The molecule has 0 N–H and O–H groups in total. The van der Waals surface area contributed by atoms with Gasteiger partial charge in [0.1, 0.15) is 5.70 Å². The first-order valence-electron chi connectivity index (χ1n) is 7.91. The van der Waals surface area contributed by atoms with Crippen LogP contribution in [0.2, 0.25) is 0 Å². The van der Waals surface area contributed by atoms with Gasteiger partial charge in [-0.1, -0.05) is 6.07 Å². The van der Waals surface area contributed by atoms with Crippen LogP contribution in [0, 0.1) is 0 Å². The van der Waals surface area contributed by atoms with Crippen molar-refractivity contribution < 1.29 is 26.3 Å². The van der Waals surface area contributed by atoms with Crippen molar-refractivity contribution >= 4 is 11.6 Å². The average Bonchev–Trinajstić information content (AvgIpc) is 2.43. The maximum Gasteiger partial charge on any atom is 0.417 e. The molecule has 0 aliphatic heterocycles. The Morgan fingerprint density at radius 2 is 1.38 bits per heavy atom. The van der Waals surface area contributed by atoms with Gasteiger partial charge >= 0.3 is 12.4 Å². The topological polar surface area (TPSA) is 15.6 Å². The Morgan fingerprint density at radius 3 is 1.69 bits per heavy atom. The fraction of sp³-hybridized carbons (Fsp3) is 0.556. The van der Waals surface area contributed by atoms with Crippen molar-refractivity contribution in [1.82, 2.24) is 4.90 Å². The fourth-order valence-electron chi connectivity index (χ4n) is 2.07. The van der Waals surface area contributed by atoms with Crippen molar-refractivity contribution in [2.45, 2.75) is 58.6 Å². The lowest BCUT2D eigenvalue weighted by Crippen LogP contribution is -2.28. The van der Waals surface area contributed by atoms with Crippen LogP contribution in [-0.2, 0) is 12.4 Å². The van der Waals surface area contributed by atoms with Gasteiger partial charge in [0.05, 0.1) is 16.7 Å².